The Labute approximate surface area is 128 Å². The van der Waals surface area contributed by atoms with Crippen LogP contribution in [0.1, 0.15) is 36.1 Å². The van der Waals surface area contributed by atoms with Crippen LogP contribution in [-0.4, -0.2) is 6.54 Å². The van der Waals surface area contributed by atoms with Gasteiger partial charge in [-0.2, -0.15) is 0 Å². The second-order valence-corrected chi connectivity index (χ2v) is 5.82. The van der Waals surface area contributed by atoms with E-state index in [1.54, 1.807) is 0 Å². The first-order valence-corrected chi connectivity index (χ1v) is 7.66. The second kappa shape index (κ2) is 7.00. The first kappa shape index (κ1) is 15.2. The second-order valence-electron chi connectivity index (χ2n) is 4.96. The molecule has 0 aromatic heterocycles. The average Bonchev–Trinajstić information content (AvgIpc) is 2.42. The number of nitrogens with one attached hydrogen (secondary N) is 1. The summed E-state index contributed by atoms with van der Waals surface area (Å²) in [7, 11) is 0. The van der Waals surface area contributed by atoms with Gasteiger partial charge in [-0.25, -0.2) is 4.39 Å². The molecule has 0 amide bonds. The van der Waals surface area contributed by atoms with Crippen LogP contribution in [0, 0.1) is 12.7 Å². The molecule has 1 unspecified atom stereocenters. The van der Waals surface area contributed by atoms with Crippen LogP contribution in [0.4, 0.5) is 4.39 Å². The molecular weight excluding hydrogens is 317 g/mol. The Morgan fingerprint density at radius 3 is 2.45 bits per heavy atom. The Hall–Kier alpha value is -1.19. The molecule has 0 saturated heterocycles. The highest BCUT2D eigenvalue weighted by Gasteiger charge is 2.16. The number of benzene rings is 2. The fourth-order valence-corrected chi connectivity index (χ4v) is 2.77. The third-order valence-corrected chi connectivity index (χ3v) is 3.97. The Balaban J connectivity index is 2.38. The molecule has 0 saturated carbocycles. The molecule has 2 aromatic rings. The normalized spacial score (nSPS) is 12.4. The minimum absolute atomic E-state index is 0.0746. The number of rotatable bonds is 5. The fraction of sp³-hybridized carbons (Fsp3) is 0.294. The molecule has 0 heterocycles. The van der Waals surface area contributed by atoms with Crippen LogP contribution in [-0.2, 0) is 0 Å². The summed E-state index contributed by atoms with van der Waals surface area (Å²) in [6.07, 6.45) is 1.06. The first-order valence-electron chi connectivity index (χ1n) is 6.86. The summed E-state index contributed by atoms with van der Waals surface area (Å²) in [5.41, 5.74) is 3.49. The minimum atomic E-state index is -0.223. The van der Waals surface area contributed by atoms with Crippen molar-refractivity contribution in [3.05, 3.63) is 69.4 Å². The zero-order valence-electron chi connectivity index (χ0n) is 11.8. The SMILES string of the molecule is CCCNC(c1ccc(C)cc1)c1ccc(F)cc1Br. The lowest BCUT2D eigenvalue weighted by molar-refractivity contribution is 0.590. The molecule has 2 aromatic carbocycles. The molecule has 20 heavy (non-hydrogen) atoms. The number of hydrogen-bond acceptors (Lipinski definition) is 1. The van der Waals surface area contributed by atoms with Crippen molar-refractivity contribution in [3.63, 3.8) is 0 Å². The number of hydrogen-bond donors (Lipinski definition) is 1. The Kier molecular flexibility index (Phi) is 5.32. The molecule has 1 atom stereocenters. The van der Waals surface area contributed by atoms with E-state index < -0.39 is 0 Å². The largest absolute Gasteiger partial charge is 0.306 e. The van der Waals surface area contributed by atoms with E-state index in [1.807, 2.05) is 6.07 Å². The standard InChI is InChI=1S/C17H19BrFN/c1-3-10-20-17(13-6-4-12(2)5-7-13)15-9-8-14(19)11-16(15)18/h4-9,11,17,20H,3,10H2,1-2H3. The molecule has 0 fully saturated rings. The average molecular weight is 336 g/mol. The molecule has 1 N–H and O–H groups in total. The van der Waals surface area contributed by atoms with Gasteiger partial charge in [-0.1, -0.05) is 58.7 Å². The highest BCUT2D eigenvalue weighted by Crippen LogP contribution is 2.29. The molecule has 0 bridgehead atoms. The predicted octanol–water partition coefficient (Wildman–Crippen LogP) is 4.99. The summed E-state index contributed by atoms with van der Waals surface area (Å²) in [6.45, 7) is 5.13. The lowest BCUT2D eigenvalue weighted by Crippen LogP contribution is -2.23. The van der Waals surface area contributed by atoms with Crippen molar-refractivity contribution in [1.29, 1.82) is 0 Å². The summed E-state index contributed by atoms with van der Waals surface area (Å²) in [4.78, 5) is 0. The van der Waals surface area contributed by atoms with Crippen LogP contribution in [0.3, 0.4) is 0 Å². The van der Waals surface area contributed by atoms with Gasteiger partial charge in [-0.3, -0.25) is 0 Å². The van der Waals surface area contributed by atoms with Crippen molar-refractivity contribution < 1.29 is 4.39 Å². The van der Waals surface area contributed by atoms with Crippen molar-refractivity contribution in [2.45, 2.75) is 26.3 Å². The topological polar surface area (TPSA) is 12.0 Å². The zero-order chi connectivity index (χ0) is 14.5. The maximum atomic E-state index is 13.3. The summed E-state index contributed by atoms with van der Waals surface area (Å²) < 4.78 is 14.1. The maximum Gasteiger partial charge on any atom is 0.124 e. The molecule has 0 aliphatic rings. The van der Waals surface area contributed by atoms with Crippen molar-refractivity contribution in [3.8, 4) is 0 Å². The van der Waals surface area contributed by atoms with Crippen LogP contribution < -0.4 is 5.32 Å². The van der Waals surface area contributed by atoms with Gasteiger partial charge in [0.05, 0.1) is 6.04 Å². The van der Waals surface area contributed by atoms with Crippen LogP contribution in [0.15, 0.2) is 46.9 Å². The lowest BCUT2D eigenvalue weighted by atomic mass is 9.97. The van der Waals surface area contributed by atoms with Gasteiger partial charge < -0.3 is 5.32 Å². The highest BCUT2D eigenvalue weighted by molar-refractivity contribution is 9.10. The Morgan fingerprint density at radius 2 is 1.85 bits per heavy atom. The van der Waals surface area contributed by atoms with Gasteiger partial charge in [0.1, 0.15) is 5.82 Å². The maximum absolute atomic E-state index is 13.3. The monoisotopic (exact) mass is 335 g/mol. The Morgan fingerprint density at radius 1 is 1.15 bits per heavy atom. The van der Waals surface area contributed by atoms with Gasteiger partial charge in [0.15, 0.2) is 0 Å². The van der Waals surface area contributed by atoms with Gasteiger partial charge in [0, 0.05) is 4.47 Å². The van der Waals surface area contributed by atoms with Crippen LogP contribution in [0.2, 0.25) is 0 Å². The van der Waals surface area contributed by atoms with Crippen molar-refractivity contribution in [2.75, 3.05) is 6.54 Å². The predicted molar refractivity (Wildman–Crippen MR) is 85.4 cm³/mol. The van der Waals surface area contributed by atoms with E-state index in [4.69, 9.17) is 0 Å². The van der Waals surface area contributed by atoms with E-state index in [9.17, 15) is 4.39 Å². The van der Waals surface area contributed by atoms with Gasteiger partial charge in [-0.05, 0) is 43.1 Å². The molecule has 3 heteroatoms. The lowest BCUT2D eigenvalue weighted by Gasteiger charge is -2.21. The first-order chi connectivity index (χ1) is 9.61. The van der Waals surface area contributed by atoms with Crippen LogP contribution in [0.5, 0.6) is 0 Å². The molecule has 0 aliphatic heterocycles. The molecule has 2 rings (SSSR count). The van der Waals surface area contributed by atoms with Crippen molar-refractivity contribution >= 4 is 15.9 Å². The van der Waals surface area contributed by atoms with Gasteiger partial charge in [0.25, 0.3) is 0 Å². The smallest absolute Gasteiger partial charge is 0.124 e. The Bertz CT molecular complexity index is 566. The van der Waals surface area contributed by atoms with Gasteiger partial charge in [-0.15, -0.1) is 0 Å². The zero-order valence-corrected chi connectivity index (χ0v) is 13.4. The highest BCUT2D eigenvalue weighted by atomic mass is 79.9. The van der Waals surface area contributed by atoms with Gasteiger partial charge in [0.2, 0.25) is 0 Å². The third-order valence-electron chi connectivity index (χ3n) is 3.28. The van der Waals surface area contributed by atoms with Crippen LogP contribution >= 0.6 is 15.9 Å². The van der Waals surface area contributed by atoms with E-state index in [1.165, 1.54) is 23.3 Å². The molecule has 1 nitrogen and oxygen atoms in total. The van der Waals surface area contributed by atoms with E-state index in [2.05, 4.69) is 59.4 Å². The minimum Gasteiger partial charge on any atom is -0.306 e. The summed E-state index contributed by atoms with van der Waals surface area (Å²) >= 11 is 3.47. The number of halogens is 2. The van der Waals surface area contributed by atoms with E-state index in [0.29, 0.717) is 0 Å². The fourth-order valence-electron chi connectivity index (χ4n) is 2.19. The summed E-state index contributed by atoms with van der Waals surface area (Å²) in [6, 6.07) is 13.4. The van der Waals surface area contributed by atoms with E-state index in [-0.39, 0.29) is 11.9 Å². The third kappa shape index (κ3) is 3.68. The molecular formula is C17H19BrFN. The van der Waals surface area contributed by atoms with Crippen LogP contribution in [0.25, 0.3) is 0 Å². The van der Waals surface area contributed by atoms with Gasteiger partial charge >= 0.3 is 0 Å². The summed E-state index contributed by atoms with van der Waals surface area (Å²) in [5.74, 6) is -0.223. The van der Waals surface area contributed by atoms with E-state index >= 15 is 0 Å². The molecule has 0 spiro atoms. The summed E-state index contributed by atoms with van der Waals surface area (Å²) in [5, 5.41) is 3.53. The van der Waals surface area contributed by atoms with Crippen molar-refractivity contribution in [2.24, 2.45) is 0 Å². The van der Waals surface area contributed by atoms with Crippen molar-refractivity contribution in [1.82, 2.24) is 5.32 Å². The molecule has 0 radical (unpaired) electrons. The quantitative estimate of drug-likeness (QED) is 0.811. The number of aryl methyl sites for hydroxylation is 1. The molecule has 0 aliphatic carbocycles. The van der Waals surface area contributed by atoms with E-state index in [0.717, 1.165) is 23.0 Å². The molecule has 106 valence electrons.